The Balaban J connectivity index is 1.11. The third-order valence-corrected chi connectivity index (χ3v) is 10.6. The van der Waals surface area contributed by atoms with Gasteiger partial charge < -0.3 is 9.47 Å². The van der Waals surface area contributed by atoms with Gasteiger partial charge in [0, 0.05) is 44.2 Å². The van der Waals surface area contributed by atoms with Crippen molar-refractivity contribution in [3.8, 4) is 16.9 Å². The van der Waals surface area contributed by atoms with Crippen LogP contribution in [-0.2, 0) is 0 Å². The highest BCUT2D eigenvalue weighted by Crippen LogP contribution is 2.41. The number of benzene rings is 8. The predicted octanol–water partition coefficient (Wildman–Crippen LogP) is 13.1. The maximum absolute atomic E-state index is 5.24. The fourth-order valence-electron chi connectivity index (χ4n) is 8.43. The van der Waals surface area contributed by atoms with Crippen molar-refractivity contribution in [3.63, 3.8) is 0 Å². The molecule has 0 fully saturated rings. The summed E-state index contributed by atoms with van der Waals surface area (Å²) >= 11 is 0. The number of nitrogens with zero attached hydrogens (tertiary/aromatic N) is 4. The molecule has 4 heteroatoms. The van der Waals surface area contributed by atoms with E-state index in [0.717, 1.165) is 50.1 Å². The van der Waals surface area contributed by atoms with Crippen LogP contribution in [0, 0.1) is 20.8 Å². The van der Waals surface area contributed by atoms with E-state index in [1.807, 2.05) is 6.20 Å². The Labute approximate surface area is 308 Å². The Hall–Kier alpha value is -6.78. The molecule has 0 aliphatic rings. The summed E-state index contributed by atoms with van der Waals surface area (Å²) in [6.45, 7) is 6.61. The lowest BCUT2D eigenvalue weighted by molar-refractivity contribution is 1.11. The van der Waals surface area contributed by atoms with Gasteiger partial charge in [-0.15, -0.1) is 0 Å². The average molecular weight is 681 g/mol. The topological polar surface area (TPSA) is 34.0 Å². The minimum atomic E-state index is 0.853. The second-order valence-electron chi connectivity index (χ2n) is 14.1. The fraction of sp³-hybridized carbons (Fsp3) is 0.0612. The van der Waals surface area contributed by atoms with Gasteiger partial charge in [0.15, 0.2) is 0 Å². The summed E-state index contributed by atoms with van der Waals surface area (Å²) in [5.41, 5.74) is 14.5. The summed E-state index contributed by atoms with van der Waals surface area (Å²) in [6.07, 6.45) is 1.91. The Morgan fingerprint density at radius 1 is 0.453 bits per heavy atom. The van der Waals surface area contributed by atoms with Crippen molar-refractivity contribution < 1.29 is 0 Å². The zero-order valence-electron chi connectivity index (χ0n) is 29.9. The van der Waals surface area contributed by atoms with Crippen LogP contribution >= 0.6 is 0 Å². The first-order chi connectivity index (χ1) is 26.0. The van der Waals surface area contributed by atoms with Crippen LogP contribution in [0.15, 0.2) is 164 Å². The number of para-hydroxylation sites is 2. The summed E-state index contributed by atoms with van der Waals surface area (Å²) in [4.78, 5) is 12.6. The van der Waals surface area contributed by atoms with E-state index in [2.05, 4.69) is 188 Å². The SMILES string of the molecule is Cc1cc(C)c(-n2c3ccccc3c3cc(N(c4ccccc4)c4ccc(-c5cnc6c7ccccc7c7ccccc7c6n5)cc4)ccc32)c(C)c1. The summed E-state index contributed by atoms with van der Waals surface area (Å²) < 4.78 is 2.44. The van der Waals surface area contributed by atoms with Gasteiger partial charge in [0.25, 0.3) is 0 Å². The molecule has 0 aliphatic carbocycles. The predicted molar refractivity (Wildman–Crippen MR) is 223 cm³/mol. The van der Waals surface area contributed by atoms with Gasteiger partial charge in [0.2, 0.25) is 0 Å². The molecule has 4 nitrogen and oxygen atoms in total. The Morgan fingerprint density at radius 2 is 1.00 bits per heavy atom. The highest BCUT2D eigenvalue weighted by Gasteiger charge is 2.19. The van der Waals surface area contributed by atoms with Gasteiger partial charge >= 0.3 is 0 Å². The second-order valence-corrected chi connectivity index (χ2v) is 14.1. The molecule has 0 saturated carbocycles. The molecule has 10 aromatic rings. The average Bonchev–Trinajstić information content (AvgIpc) is 3.51. The largest absolute Gasteiger partial charge is 0.310 e. The summed E-state index contributed by atoms with van der Waals surface area (Å²) in [5.74, 6) is 0. The zero-order chi connectivity index (χ0) is 35.6. The number of fused-ring (bicyclic) bond motifs is 9. The molecule has 2 aromatic heterocycles. The molecule has 0 saturated heterocycles. The lowest BCUT2D eigenvalue weighted by Gasteiger charge is -2.26. The number of hydrogen-bond acceptors (Lipinski definition) is 3. The van der Waals surface area contributed by atoms with Crippen LogP contribution in [0.25, 0.3) is 71.3 Å². The van der Waals surface area contributed by atoms with Crippen molar-refractivity contribution in [1.82, 2.24) is 14.5 Å². The number of aryl methyl sites for hydroxylation is 3. The standard InChI is InChI=1S/C49H36N4/c1-31-27-32(2)49(33(3)28-31)53-45-20-12-11-17-40(45)43-29-37(25-26-46(43)53)52(35-13-5-4-6-14-35)36-23-21-34(22-24-36)44-30-50-47-41-18-9-7-15-38(41)39-16-8-10-19-42(39)48(47)51-44/h4-30H,1-3H3. The van der Waals surface area contributed by atoms with Crippen LogP contribution in [0.4, 0.5) is 17.1 Å². The second kappa shape index (κ2) is 12.2. The van der Waals surface area contributed by atoms with Crippen LogP contribution in [0.2, 0.25) is 0 Å². The molecule has 0 radical (unpaired) electrons. The number of anilines is 3. The molecule has 0 aliphatic heterocycles. The van der Waals surface area contributed by atoms with E-state index in [4.69, 9.17) is 9.97 Å². The molecule has 0 unspecified atom stereocenters. The van der Waals surface area contributed by atoms with E-state index in [0.29, 0.717) is 0 Å². The molecule has 53 heavy (non-hydrogen) atoms. The normalized spacial score (nSPS) is 11.7. The molecular weight excluding hydrogens is 645 g/mol. The van der Waals surface area contributed by atoms with Crippen molar-refractivity contribution in [2.45, 2.75) is 20.8 Å². The number of rotatable bonds is 5. The van der Waals surface area contributed by atoms with Crippen molar-refractivity contribution >= 4 is 71.4 Å². The van der Waals surface area contributed by atoms with Gasteiger partial charge in [-0.3, -0.25) is 4.98 Å². The van der Waals surface area contributed by atoms with Gasteiger partial charge in [0.1, 0.15) is 0 Å². The Morgan fingerprint density at radius 3 is 1.70 bits per heavy atom. The van der Waals surface area contributed by atoms with Crippen LogP contribution in [-0.4, -0.2) is 14.5 Å². The maximum Gasteiger partial charge on any atom is 0.0979 e. The molecule has 2 heterocycles. The Kier molecular flexibility index (Phi) is 7.12. The van der Waals surface area contributed by atoms with Crippen LogP contribution < -0.4 is 4.90 Å². The minimum absolute atomic E-state index is 0.853. The highest BCUT2D eigenvalue weighted by atomic mass is 15.1. The van der Waals surface area contributed by atoms with Gasteiger partial charge in [-0.25, -0.2) is 4.98 Å². The monoisotopic (exact) mass is 680 g/mol. The van der Waals surface area contributed by atoms with E-state index < -0.39 is 0 Å². The summed E-state index contributed by atoms with van der Waals surface area (Å²) in [7, 11) is 0. The van der Waals surface area contributed by atoms with Crippen molar-refractivity contribution in [2.75, 3.05) is 4.90 Å². The van der Waals surface area contributed by atoms with Crippen LogP contribution in [0.5, 0.6) is 0 Å². The molecule has 0 atom stereocenters. The molecule has 0 bridgehead atoms. The van der Waals surface area contributed by atoms with Gasteiger partial charge in [-0.1, -0.05) is 115 Å². The number of hydrogen-bond donors (Lipinski definition) is 0. The first-order valence-corrected chi connectivity index (χ1v) is 18.2. The molecule has 8 aromatic carbocycles. The lowest BCUT2D eigenvalue weighted by Crippen LogP contribution is -2.09. The van der Waals surface area contributed by atoms with Gasteiger partial charge in [-0.05, 0) is 91.2 Å². The molecular formula is C49H36N4. The van der Waals surface area contributed by atoms with Crippen molar-refractivity contribution in [3.05, 3.63) is 181 Å². The lowest BCUT2D eigenvalue weighted by atomic mass is 9.99. The van der Waals surface area contributed by atoms with Gasteiger partial charge in [0.05, 0.1) is 39.6 Å². The maximum atomic E-state index is 5.24. The molecule has 0 spiro atoms. The molecule has 0 N–H and O–H groups in total. The van der Waals surface area contributed by atoms with E-state index in [1.54, 1.807) is 0 Å². The molecule has 0 amide bonds. The fourth-order valence-corrected chi connectivity index (χ4v) is 8.43. The quantitative estimate of drug-likeness (QED) is 0.170. The van der Waals surface area contributed by atoms with E-state index >= 15 is 0 Å². The number of aromatic nitrogens is 3. The smallest absolute Gasteiger partial charge is 0.0979 e. The summed E-state index contributed by atoms with van der Waals surface area (Å²) in [6, 6.07) is 56.5. The third kappa shape index (κ3) is 4.98. The third-order valence-electron chi connectivity index (χ3n) is 10.6. The molecule has 10 rings (SSSR count). The minimum Gasteiger partial charge on any atom is -0.310 e. The van der Waals surface area contributed by atoms with E-state index in [9.17, 15) is 0 Å². The van der Waals surface area contributed by atoms with Crippen molar-refractivity contribution in [1.29, 1.82) is 0 Å². The Bertz CT molecular complexity index is 2970. The zero-order valence-corrected chi connectivity index (χ0v) is 29.9. The first-order valence-electron chi connectivity index (χ1n) is 18.2. The highest BCUT2D eigenvalue weighted by molar-refractivity contribution is 6.23. The van der Waals surface area contributed by atoms with Gasteiger partial charge in [-0.2, -0.15) is 0 Å². The van der Waals surface area contributed by atoms with E-state index in [1.165, 1.54) is 55.0 Å². The first kappa shape index (κ1) is 31.0. The molecule has 252 valence electrons. The van der Waals surface area contributed by atoms with Crippen LogP contribution in [0.3, 0.4) is 0 Å². The van der Waals surface area contributed by atoms with Crippen LogP contribution in [0.1, 0.15) is 16.7 Å². The van der Waals surface area contributed by atoms with Crippen molar-refractivity contribution in [2.24, 2.45) is 0 Å². The summed E-state index contributed by atoms with van der Waals surface area (Å²) in [5, 5.41) is 7.10. The van der Waals surface area contributed by atoms with E-state index in [-0.39, 0.29) is 0 Å².